The van der Waals surface area contributed by atoms with Crippen LogP contribution in [-0.4, -0.2) is 35.6 Å². The van der Waals surface area contributed by atoms with E-state index in [9.17, 15) is 0 Å². The maximum atomic E-state index is 9.05. The molecule has 0 spiro atoms. The molecule has 4 heterocycles. The minimum absolute atomic E-state index is 0.480. The lowest BCUT2D eigenvalue weighted by Gasteiger charge is -2.45. The Bertz CT molecular complexity index is 443. The maximum absolute atomic E-state index is 9.05. The fraction of sp³-hybridized carbons (Fsp3) is 0.538. The van der Waals surface area contributed by atoms with Gasteiger partial charge in [-0.2, -0.15) is 5.26 Å². The largest absolute Gasteiger partial charge is 0.378 e. The third-order valence-electron chi connectivity index (χ3n) is 3.94. The van der Waals surface area contributed by atoms with Crippen molar-refractivity contribution in [1.82, 2.24) is 9.88 Å². The summed E-state index contributed by atoms with van der Waals surface area (Å²) in [6, 6.07) is 4.46. The number of piperidine rings is 3. The Morgan fingerprint density at radius 1 is 1.41 bits per heavy atom. The molecule has 4 rings (SSSR count). The van der Waals surface area contributed by atoms with Gasteiger partial charge in [-0.3, -0.25) is 4.98 Å². The molecule has 1 atom stereocenters. The van der Waals surface area contributed by atoms with Crippen LogP contribution in [0.2, 0.25) is 0 Å². The standard InChI is InChI=1S/C13H16N4/c14-7-11-1-4-15-8-12(11)16-13-9-17-5-2-10(13)3-6-17/h1,4,8,10,13,16H,2-3,5-6,9H2. The molecular weight excluding hydrogens is 212 g/mol. The van der Waals surface area contributed by atoms with Gasteiger partial charge in [-0.1, -0.05) is 0 Å². The zero-order valence-electron chi connectivity index (χ0n) is 9.76. The number of anilines is 1. The lowest BCUT2D eigenvalue weighted by molar-refractivity contribution is 0.0975. The van der Waals surface area contributed by atoms with Crippen LogP contribution >= 0.6 is 0 Å². The molecule has 0 amide bonds. The highest BCUT2D eigenvalue weighted by molar-refractivity contribution is 5.56. The highest BCUT2D eigenvalue weighted by atomic mass is 15.2. The summed E-state index contributed by atoms with van der Waals surface area (Å²) in [5.41, 5.74) is 1.57. The fourth-order valence-electron chi connectivity index (χ4n) is 2.94. The Labute approximate surface area is 101 Å². The van der Waals surface area contributed by atoms with Crippen LogP contribution in [0.15, 0.2) is 18.5 Å². The first-order valence-corrected chi connectivity index (χ1v) is 6.20. The van der Waals surface area contributed by atoms with Crippen molar-refractivity contribution in [2.24, 2.45) is 5.92 Å². The van der Waals surface area contributed by atoms with Crippen molar-refractivity contribution in [3.63, 3.8) is 0 Å². The molecule has 0 saturated carbocycles. The van der Waals surface area contributed by atoms with Gasteiger partial charge in [0, 0.05) is 18.8 Å². The zero-order chi connectivity index (χ0) is 11.7. The van der Waals surface area contributed by atoms with Gasteiger partial charge in [0.15, 0.2) is 0 Å². The molecule has 1 aromatic heterocycles. The van der Waals surface area contributed by atoms with Crippen LogP contribution in [0.25, 0.3) is 0 Å². The molecule has 4 heteroatoms. The Hall–Kier alpha value is -1.60. The summed E-state index contributed by atoms with van der Waals surface area (Å²) in [5, 5.41) is 12.6. The first kappa shape index (κ1) is 10.5. The fourth-order valence-corrected chi connectivity index (χ4v) is 2.94. The first-order chi connectivity index (χ1) is 8.36. The highest BCUT2D eigenvalue weighted by Gasteiger charge is 2.34. The van der Waals surface area contributed by atoms with Gasteiger partial charge in [0.2, 0.25) is 0 Å². The van der Waals surface area contributed by atoms with E-state index in [1.165, 1.54) is 25.9 Å². The normalized spacial score (nSPS) is 30.9. The molecular formula is C13H16N4. The topological polar surface area (TPSA) is 52.0 Å². The molecule has 3 fully saturated rings. The molecule has 0 radical (unpaired) electrons. The first-order valence-electron chi connectivity index (χ1n) is 6.20. The van der Waals surface area contributed by atoms with Crippen LogP contribution in [0, 0.1) is 17.2 Å². The minimum atomic E-state index is 0.480. The van der Waals surface area contributed by atoms with Gasteiger partial charge < -0.3 is 10.2 Å². The van der Waals surface area contributed by atoms with Crippen LogP contribution in [0.1, 0.15) is 18.4 Å². The predicted molar refractivity (Wildman–Crippen MR) is 65.5 cm³/mol. The summed E-state index contributed by atoms with van der Waals surface area (Å²) in [5.74, 6) is 0.756. The van der Waals surface area contributed by atoms with Gasteiger partial charge in [-0.05, 0) is 37.9 Å². The molecule has 88 valence electrons. The van der Waals surface area contributed by atoms with E-state index in [2.05, 4.69) is 21.3 Å². The average molecular weight is 228 g/mol. The van der Waals surface area contributed by atoms with Crippen LogP contribution in [0.4, 0.5) is 5.69 Å². The van der Waals surface area contributed by atoms with Crippen LogP contribution in [0.5, 0.6) is 0 Å². The third kappa shape index (κ3) is 1.98. The predicted octanol–water partition coefficient (Wildman–Crippen LogP) is 1.46. The van der Waals surface area contributed by atoms with Crippen molar-refractivity contribution in [2.45, 2.75) is 18.9 Å². The SMILES string of the molecule is N#Cc1ccncc1NC1CN2CCC1CC2. The number of hydrogen-bond donors (Lipinski definition) is 1. The van der Waals surface area contributed by atoms with E-state index in [0.29, 0.717) is 11.6 Å². The monoisotopic (exact) mass is 228 g/mol. The Morgan fingerprint density at radius 2 is 2.24 bits per heavy atom. The van der Waals surface area contributed by atoms with E-state index in [1.54, 1.807) is 18.5 Å². The highest BCUT2D eigenvalue weighted by Crippen LogP contribution is 2.30. The molecule has 3 aliphatic heterocycles. The van der Waals surface area contributed by atoms with Crippen LogP contribution in [0.3, 0.4) is 0 Å². The number of nitriles is 1. The van der Waals surface area contributed by atoms with Crippen molar-refractivity contribution in [2.75, 3.05) is 25.0 Å². The molecule has 0 aliphatic carbocycles. The lowest BCUT2D eigenvalue weighted by Crippen LogP contribution is -2.53. The van der Waals surface area contributed by atoms with Gasteiger partial charge in [-0.25, -0.2) is 0 Å². The van der Waals surface area contributed by atoms with Gasteiger partial charge in [0.25, 0.3) is 0 Å². The summed E-state index contributed by atoms with van der Waals surface area (Å²) < 4.78 is 0. The molecule has 4 nitrogen and oxygen atoms in total. The van der Waals surface area contributed by atoms with Crippen LogP contribution < -0.4 is 5.32 Å². The van der Waals surface area contributed by atoms with Crippen molar-refractivity contribution >= 4 is 5.69 Å². The Morgan fingerprint density at radius 3 is 2.88 bits per heavy atom. The quantitative estimate of drug-likeness (QED) is 0.832. The zero-order valence-corrected chi connectivity index (χ0v) is 9.76. The van der Waals surface area contributed by atoms with E-state index < -0.39 is 0 Å². The van der Waals surface area contributed by atoms with Crippen molar-refractivity contribution in [1.29, 1.82) is 5.26 Å². The van der Waals surface area contributed by atoms with Gasteiger partial charge in [0.05, 0.1) is 17.4 Å². The number of rotatable bonds is 2. The van der Waals surface area contributed by atoms with E-state index in [4.69, 9.17) is 5.26 Å². The average Bonchev–Trinajstić information content (AvgIpc) is 2.41. The number of aromatic nitrogens is 1. The number of fused-ring (bicyclic) bond motifs is 3. The summed E-state index contributed by atoms with van der Waals surface area (Å²) >= 11 is 0. The molecule has 3 aliphatic rings. The number of pyridine rings is 1. The summed E-state index contributed by atoms with van der Waals surface area (Å²) in [4.78, 5) is 6.59. The molecule has 1 unspecified atom stereocenters. The van der Waals surface area contributed by atoms with E-state index in [-0.39, 0.29) is 0 Å². The molecule has 3 saturated heterocycles. The molecule has 2 bridgehead atoms. The van der Waals surface area contributed by atoms with Gasteiger partial charge >= 0.3 is 0 Å². The lowest BCUT2D eigenvalue weighted by atomic mass is 9.84. The van der Waals surface area contributed by atoms with Gasteiger partial charge in [-0.15, -0.1) is 0 Å². The second kappa shape index (κ2) is 4.34. The summed E-state index contributed by atoms with van der Waals surface area (Å²) in [6.07, 6.45) is 5.98. The third-order valence-corrected chi connectivity index (χ3v) is 3.94. The smallest absolute Gasteiger partial charge is 0.101 e. The van der Waals surface area contributed by atoms with Crippen LogP contribution in [-0.2, 0) is 0 Å². The van der Waals surface area contributed by atoms with E-state index in [0.717, 1.165) is 18.2 Å². The number of nitrogens with zero attached hydrogens (tertiary/aromatic N) is 3. The summed E-state index contributed by atoms with van der Waals surface area (Å²) in [7, 11) is 0. The Kier molecular flexibility index (Phi) is 2.69. The summed E-state index contributed by atoms with van der Waals surface area (Å²) in [6.45, 7) is 3.58. The van der Waals surface area contributed by atoms with Crippen molar-refractivity contribution < 1.29 is 0 Å². The van der Waals surface area contributed by atoms with Crippen molar-refractivity contribution in [3.05, 3.63) is 24.0 Å². The molecule has 1 aromatic rings. The minimum Gasteiger partial charge on any atom is -0.378 e. The molecule has 17 heavy (non-hydrogen) atoms. The van der Waals surface area contributed by atoms with E-state index in [1.807, 2.05) is 0 Å². The maximum Gasteiger partial charge on any atom is 0.101 e. The second-order valence-corrected chi connectivity index (χ2v) is 4.92. The van der Waals surface area contributed by atoms with Crippen molar-refractivity contribution in [3.8, 4) is 6.07 Å². The molecule has 1 N–H and O–H groups in total. The number of nitrogens with one attached hydrogen (secondary N) is 1. The van der Waals surface area contributed by atoms with E-state index >= 15 is 0 Å². The second-order valence-electron chi connectivity index (χ2n) is 4.92. The number of hydrogen-bond acceptors (Lipinski definition) is 4. The van der Waals surface area contributed by atoms with Gasteiger partial charge in [0.1, 0.15) is 6.07 Å². The Balaban J connectivity index is 1.77. The molecule has 0 aromatic carbocycles.